The van der Waals surface area contributed by atoms with Crippen LogP contribution in [0.1, 0.15) is 19.4 Å². The van der Waals surface area contributed by atoms with Crippen LogP contribution in [0.4, 0.5) is 4.39 Å². The van der Waals surface area contributed by atoms with Crippen LogP contribution in [0.25, 0.3) is 11.0 Å². The van der Waals surface area contributed by atoms with Crippen molar-refractivity contribution >= 4 is 35.0 Å². The molecule has 1 heterocycles. The van der Waals surface area contributed by atoms with Crippen molar-refractivity contribution in [1.82, 2.24) is 9.55 Å². The molecule has 0 aliphatic carbocycles. The summed E-state index contributed by atoms with van der Waals surface area (Å²) in [4.78, 5) is 3.13. The number of hydrogen-bond donors (Lipinski definition) is 1. The third kappa shape index (κ3) is 2.40. The fourth-order valence-corrected chi connectivity index (χ4v) is 3.15. The summed E-state index contributed by atoms with van der Waals surface area (Å²) >= 11 is 7.11. The fraction of sp³-hybridized carbons (Fsp3) is 0.417. The minimum Gasteiger partial charge on any atom is -0.331 e. The molecule has 2 nitrogen and oxygen atoms in total. The molecule has 0 bridgehead atoms. The highest BCUT2D eigenvalue weighted by atomic mass is 32.2. The Labute approximate surface area is 109 Å². The van der Waals surface area contributed by atoms with Gasteiger partial charge in [0.05, 0.1) is 11.0 Å². The Bertz CT molecular complexity index is 573. The highest BCUT2D eigenvalue weighted by Gasteiger charge is 2.13. The second kappa shape index (κ2) is 5.23. The summed E-state index contributed by atoms with van der Waals surface area (Å²) in [6.07, 6.45) is 3.06. The van der Waals surface area contributed by atoms with Crippen LogP contribution in [-0.4, -0.2) is 21.6 Å². The third-order valence-electron chi connectivity index (χ3n) is 2.88. The minimum absolute atomic E-state index is 0.223. The van der Waals surface area contributed by atoms with E-state index in [1.807, 2.05) is 4.57 Å². The van der Waals surface area contributed by atoms with Crippen LogP contribution in [0.2, 0.25) is 0 Å². The van der Waals surface area contributed by atoms with E-state index in [2.05, 4.69) is 18.2 Å². The van der Waals surface area contributed by atoms with E-state index in [1.54, 1.807) is 23.9 Å². The molecule has 0 saturated heterocycles. The number of nitrogens with one attached hydrogen (secondary N) is 1. The smallest absolute Gasteiger partial charge is 0.178 e. The van der Waals surface area contributed by atoms with Gasteiger partial charge in [-0.25, -0.2) is 4.39 Å². The summed E-state index contributed by atoms with van der Waals surface area (Å²) in [5.74, 6) is 0.758. The monoisotopic (exact) mass is 270 g/mol. The lowest BCUT2D eigenvalue weighted by molar-refractivity contribution is 0.546. The summed E-state index contributed by atoms with van der Waals surface area (Å²) in [5, 5.41) is 0. The van der Waals surface area contributed by atoms with E-state index in [0.29, 0.717) is 10.8 Å². The lowest BCUT2D eigenvalue weighted by Gasteiger charge is -2.16. The van der Waals surface area contributed by atoms with E-state index < -0.39 is 0 Å². The Balaban J connectivity index is 2.62. The molecular weight excluding hydrogens is 255 g/mol. The predicted octanol–water partition coefficient (Wildman–Crippen LogP) is 4.15. The zero-order chi connectivity index (χ0) is 12.4. The quantitative estimate of drug-likeness (QED) is 0.842. The van der Waals surface area contributed by atoms with E-state index in [-0.39, 0.29) is 5.82 Å². The van der Waals surface area contributed by atoms with Crippen molar-refractivity contribution < 1.29 is 4.39 Å². The van der Waals surface area contributed by atoms with Gasteiger partial charge >= 0.3 is 0 Å². The molecule has 2 aromatic rings. The molecule has 2 rings (SSSR count). The Kier molecular flexibility index (Phi) is 3.89. The maximum absolute atomic E-state index is 13.3. The standard InChI is InChI=1S/C12H15FN2S2/c1-3-9(7-17-2)15-11-6-8(13)4-5-10(11)14-12(15)16/h4-6,9H,3,7H2,1-2H3,(H,14,16). The lowest BCUT2D eigenvalue weighted by Crippen LogP contribution is -2.10. The van der Waals surface area contributed by atoms with Gasteiger partial charge in [-0.15, -0.1) is 0 Å². The maximum Gasteiger partial charge on any atom is 0.178 e. The second-order valence-electron chi connectivity index (χ2n) is 3.98. The zero-order valence-corrected chi connectivity index (χ0v) is 11.5. The largest absolute Gasteiger partial charge is 0.331 e. The van der Waals surface area contributed by atoms with Crippen molar-refractivity contribution in [3.8, 4) is 0 Å². The molecule has 0 saturated carbocycles. The van der Waals surface area contributed by atoms with Gasteiger partial charge in [0.1, 0.15) is 5.82 Å². The van der Waals surface area contributed by atoms with E-state index in [9.17, 15) is 4.39 Å². The van der Waals surface area contributed by atoms with Crippen LogP contribution in [0.15, 0.2) is 18.2 Å². The first-order chi connectivity index (χ1) is 8.17. The first kappa shape index (κ1) is 12.6. The number of H-pyrrole nitrogens is 1. The molecule has 92 valence electrons. The lowest BCUT2D eigenvalue weighted by atomic mass is 10.2. The van der Waals surface area contributed by atoms with Gasteiger partial charge in [0, 0.05) is 11.8 Å². The van der Waals surface area contributed by atoms with Crippen LogP contribution in [0, 0.1) is 10.6 Å². The van der Waals surface area contributed by atoms with Crippen LogP contribution < -0.4 is 0 Å². The van der Waals surface area contributed by atoms with Gasteiger partial charge in [-0.2, -0.15) is 11.8 Å². The molecule has 1 aromatic heterocycles. The number of halogens is 1. The molecule has 0 aliphatic heterocycles. The molecule has 5 heteroatoms. The van der Waals surface area contributed by atoms with Gasteiger partial charge in [0.25, 0.3) is 0 Å². The number of rotatable bonds is 4. The molecule has 0 aliphatic rings. The van der Waals surface area contributed by atoms with E-state index in [1.165, 1.54) is 6.07 Å². The first-order valence-corrected chi connectivity index (χ1v) is 7.36. The van der Waals surface area contributed by atoms with Crippen molar-refractivity contribution in [1.29, 1.82) is 0 Å². The summed E-state index contributed by atoms with van der Waals surface area (Å²) in [7, 11) is 0. The molecule has 1 aromatic carbocycles. The van der Waals surface area contributed by atoms with Crippen molar-refractivity contribution in [2.45, 2.75) is 19.4 Å². The summed E-state index contributed by atoms with van der Waals surface area (Å²) < 4.78 is 16.0. The van der Waals surface area contributed by atoms with Gasteiger partial charge in [-0.05, 0) is 43.1 Å². The first-order valence-electron chi connectivity index (χ1n) is 5.56. The Morgan fingerprint density at radius 1 is 1.53 bits per heavy atom. The molecule has 1 N–H and O–H groups in total. The highest BCUT2D eigenvalue weighted by molar-refractivity contribution is 7.98. The zero-order valence-electron chi connectivity index (χ0n) is 9.87. The van der Waals surface area contributed by atoms with Crippen LogP contribution >= 0.6 is 24.0 Å². The Hall–Kier alpha value is -0.810. The van der Waals surface area contributed by atoms with Crippen LogP contribution in [0.5, 0.6) is 0 Å². The molecule has 0 radical (unpaired) electrons. The van der Waals surface area contributed by atoms with Gasteiger partial charge < -0.3 is 9.55 Å². The van der Waals surface area contributed by atoms with Crippen molar-refractivity contribution in [2.24, 2.45) is 0 Å². The van der Waals surface area contributed by atoms with E-state index in [4.69, 9.17) is 12.2 Å². The molecule has 0 amide bonds. The molecular formula is C12H15FN2S2. The minimum atomic E-state index is -0.223. The average molecular weight is 270 g/mol. The van der Waals surface area contributed by atoms with Crippen molar-refractivity contribution in [3.63, 3.8) is 0 Å². The fourth-order valence-electron chi connectivity index (χ4n) is 2.02. The molecule has 1 atom stereocenters. The SMILES string of the molecule is CCC(CSC)n1c(=S)[nH]c2ccc(F)cc21. The van der Waals surface area contributed by atoms with Gasteiger partial charge in [-0.1, -0.05) is 6.92 Å². The van der Waals surface area contributed by atoms with Crippen molar-refractivity contribution in [3.05, 3.63) is 28.8 Å². The highest BCUT2D eigenvalue weighted by Crippen LogP contribution is 2.24. The Morgan fingerprint density at radius 3 is 2.94 bits per heavy atom. The molecule has 17 heavy (non-hydrogen) atoms. The number of imidazole rings is 1. The third-order valence-corrected chi connectivity index (χ3v) is 3.89. The van der Waals surface area contributed by atoms with E-state index in [0.717, 1.165) is 23.2 Å². The number of fused-ring (bicyclic) bond motifs is 1. The summed E-state index contributed by atoms with van der Waals surface area (Å²) in [5.41, 5.74) is 1.76. The summed E-state index contributed by atoms with van der Waals surface area (Å²) in [6, 6.07) is 5.05. The Morgan fingerprint density at radius 2 is 2.29 bits per heavy atom. The molecule has 0 fully saturated rings. The van der Waals surface area contributed by atoms with Gasteiger partial charge in [0.15, 0.2) is 4.77 Å². The topological polar surface area (TPSA) is 20.7 Å². The number of thioether (sulfide) groups is 1. The van der Waals surface area contributed by atoms with Crippen LogP contribution in [0.3, 0.4) is 0 Å². The summed E-state index contributed by atoms with van der Waals surface area (Å²) in [6.45, 7) is 2.13. The van der Waals surface area contributed by atoms with Crippen molar-refractivity contribution in [2.75, 3.05) is 12.0 Å². The number of nitrogens with zero attached hydrogens (tertiary/aromatic N) is 1. The molecule has 1 unspecified atom stereocenters. The number of benzene rings is 1. The van der Waals surface area contributed by atoms with Crippen LogP contribution in [-0.2, 0) is 0 Å². The number of aromatic nitrogens is 2. The maximum atomic E-state index is 13.3. The second-order valence-corrected chi connectivity index (χ2v) is 5.28. The predicted molar refractivity (Wildman–Crippen MR) is 74.8 cm³/mol. The average Bonchev–Trinajstić information content (AvgIpc) is 2.62. The van der Waals surface area contributed by atoms with Gasteiger partial charge in [-0.3, -0.25) is 0 Å². The number of hydrogen-bond acceptors (Lipinski definition) is 2. The molecule has 0 spiro atoms. The normalized spacial score (nSPS) is 13.1. The van der Waals surface area contributed by atoms with Gasteiger partial charge in [0.2, 0.25) is 0 Å². The van der Waals surface area contributed by atoms with E-state index >= 15 is 0 Å². The number of aromatic amines is 1.